The normalized spacial score (nSPS) is 10.8. The standard InChI is InChI=1S/C19H18IN3O2/c1-3-10-23-19(25)15-7-5-4-6-14(15)17(22-23)18(24)21-13-9-8-12(2)16(20)11-13/h4-9,11H,3,10H2,1-2H3,(H,21,24). The lowest BCUT2D eigenvalue weighted by Crippen LogP contribution is -2.27. The van der Waals surface area contributed by atoms with Crippen LogP contribution in [-0.2, 0) is 6.54 Å². The van der Waals surface area contributed by atoms with Crippen LogP contribution >= 0.6 is 22.6 Å². The lowest BCUT2D eigenvalue weighted by molar-refractivity contribution is 0.102. The number of aromatic nitrogens is 2. The van der Waals surface area contributed by atoms with E-state index in [2.05, 4.69) is 33.0 Å². The monoisotopic (exact) mass is 447 g/mol. The third kappa shape index (κ3) is 3.58. The minimum absolute atomic E-state index is 0.168. The number of anilines is 1. The second kappa shape index (κ2) is 7.35. The largest absolute Gasteiger partial charge is 0.321 e. The smallest absolute Gasteiger partial charge is 0.276 e. The van der Waals surface area contributed by atoms with Crippen LogP contribution in [0.4, 0.5) is 5.69 Å². The summed E-state index contributed by atoms with van der Waals surface area (Å²) in [6.07, 6.45) is 0.766. The summed E-state index contributed by atoms with van der Waals surface area (Å²) in [5, 5.41) is 8.28. The molecule has 1 N–H and O–H groups in total. The van der Waals surface area contributed by atoms with Crippen molar-refractivity contribution in [2.75, 3.05) is 5.32 Å². The molecule has 0 radical (unpaired) electrons. The van der Waals surface area contributed by atoms with Crippen LogP contribution < -0.4 is 10.9 Å². The molecule has 0 aliphatic heterocycles. The highest BCUT2D eigenvalue weighted by molar-refractivity contribution is 14.1. The molecule has 25 heavy (non-hydrogen) atoms. The number of aryl methyl sites for hydroxylation is 2. The summed E-state index contributed by atoms with van der Waals surface area (Å²) in [4.78, 5) is 25.3. The van der Waals surface area contributed by atoms with Gasteiger partial charge in [0.15, 0.2) is 5.69 Å². The van der Waals surface area contributed by atoms with E-state index in [0.717, 1.165) is 15.6 Å². The van der Waals surface area contributed by atoms with Gasteiger partial charge >= 0.3 is 0 Å². The number of nitrogens with one attached hydrogen (secondary N) is 1. The second-order valence-electron chi connectivity index (χ2n) is 5.84. The Morgan fingerprint density at radius 3 is 2.60 bits per heavy atom. The van der Waals surface area contributed by atoms with Crippen LogP contribution in [-0.4, -0.2) is 15.7 Å². The fourth-order valence-electron chi connectivity index (χ4n) is 2.63. The van der Waals surface area contributed by atoms with Crippen LogP contribution in [0.1, 0.15) is 29.4 Å². The Balaban J connectivity index is 2.07. The van der Waals surface area contributed by atoms with Crippen molar-refractivity contribution in [3.05, 3.63) is 67.6 Å². The summed E-state index contributed by atoms with van der Waals surface area (Å²) in [6, 6.07) is 12.8. The summed E-state index contributed by atoms with van der Waals surface area (Å²) in [5.74, 6) is -0.319. The number of fused-ring (bicyclic) bond motifs is 1. The van der Waals surface area contributed by atoms with Gasteiger partial charge in [0.1, 0.15) is 0 Å². The van der Waals surface area contributed by atoms with E-state index in [-0.39, 0.29) is 17.2 Å². The van der Waals surface area contributed by atoms with Gasteiger partial charge in [0.05, 0.1) is 5.39 Å². The molecule has 0 saturated heterocycles. The van der Waals surface area contributed by atoms with Gasteiger partial charge in [0.2, 0.25) is 0 Å². The molecule has 1 aromatic heterocycles. The Hall–Kier alpha value is -2.22. The Labute approximate surface area is 159 Å². The van der Waals surface area contributed by atoms with Crippen LogP contribution in [0, 0.1) is 10.5 Å². The number of benzene rings is 2. The maximum Gasteiger partial charge on any atom is 0.276 e. The van der Waals surface area contributed by atoms with Crippen molar-refractivity contribution < 1.29 is 4.79 Å². The molecule has 2 aromatic carbocycles. The number of carbonyl (C=O) groups is 1. The van der Waals surface area contributed by atoms with Crippen molar-refractivity contribution in [3.8, 4) is 0 Å². The van der Waals surface area contributed by atoms with Gasteiger partial charge in [-0.3, -0.25) is 9.59 Å². The lowest BCUT2D eigenvalue weighted by atomic mass is 10.1. The third-order valence-electron chi connectivity index (χ3n) is 3.95. The predicted octanol–water partition coefficient (Wildman–Crippen LogP) is 3.97. The molecule has 1 heterocycles. The molecule has 0 bridgehead atoms. The maximum atomic E-state index is 12.8. The molecule has 128 valence electrons. The molecule has 3 rings (SSSR count). The summed E-state index contributed by atoms with van der Waals surface area (Å²) in [7, 11) is 0. The molecule has 5 nitrogen and oxygen atoms in total. The summed E-state index contributed by atoms with van der Waals surface area (Å²) < 4.78 is 2.44. The Morgan fingerprint density at radius 1 is 1.20 bits per heavy atom. The zero-order valence-electron chi connectivity index (χ0n) is 14.0. The number of amides is 1. The molecule has 0 spiro atoms. The van der Waals surface area contributed by atoms with Gasteiger partial charge in [-0.05, 0) is 59.7 Å². The Morgan fingerprint density at radius 2 is 1.92 bits per heavy atom. The zero-order chi connectivity index (χ0) is 18.0. The first-order valence-corrected chi connectivity index (χ1v) is 9.16. The van der Waals surface area contributed by atoms with Crippen molar-refractivity contribution in [2.45, 2.75) is 26.8 Å². The van der Waals surface area contributed by atoms with Gasteiger partial charge < -0.3 is 5.32 Å². The molecule has 0 unspecified atom stereocenters. The molecule has 0 fully saturated rings. The van der Waals surface area contributed by atoms with Crippen LogP contribution in [0.2, 0.25) is 0 Å². The van der Waals surface area contributed by atoms with E-state index < -0.39 is 0 Å². The quantitative estimate of drug-likeness (QED) is 0.616. The average molecular weight is 447 g/mol. The fourth-order valence-corrected chi connectivity index (χ4v) is 3.14. The van der Waals surface area contributed by atoms with E-state index in [1.807, 2.05) is 32.0 Å². The van der Waals surface area contributed by atoms with E-state index in [1.165, 1.54) is 4.68 Å². The number of hydrogen-bond donors (Lipinski definition) is 1. The average Bonchev–Trinajstić information content (AvgIpc) is 2.61. The van der Waals surface area contributed by atoms with E-state index in [9.17, 15) is 9.59 Å². The number of rotatable bonds is 4. The second-order valence-corrected chi connectivity index (χ2v) is 7.00. The molecule has 0 aliphatic rings. The topological polar surface area (TPSA) is 64.0 Å². The van der Waals surface area contributed by atoms with E-state index in [1.54, 1.807) is 24.3 Å². The summed E-state index contributed by atoms with van der Waals surface area (Å²) in [6.45, 7) is 4.47. The van der Waals surface area contributed by atoms with E-state index in [4.69, 9.17) is 0 Å². The van der Waals surface area contributed by atoms with Crippen LogP contribution in [0.25, 0.3) is 10.8 Å². The van der Waals surface area contributed by atoms with Crippen molar-refractivity contribution in [1.29, 1.82) is 0 Å². The Bertz CT molecular complexity index is 1010. The fraction of sp³-hybridized carbons (Fsp3) is 0.211. The zero-order valence-corrected chi connectivity index (χ0v) is 16.2. The predicted molar refractivity (Wildman–Crippen MR) is 108 cm³/mol. The van der Waals surface area contributed by atoms with Gasteiger partial charge in [0, 0.05) is 21.2 Å². The SMILES string of the molecule is CCCn1nc(C(=O)Nc2ccc(C)c(I)c2)c2ccccc2c1=O. The number of nitrogens with zero attached hydrogens (tertiary/aromatic N) is 2. The van der Waals surface area contributed by atoms with Crippen molar-refractivity contribution in [3.63, 3.8) is 0 Å². The van der Waals surface area contributed by atoms with Crippen LogP contribution in [0.5, 0.6) is 0 Å². The molecular weight excluding hydrogens is 429 g/mol. The van der Waals surface area contributed by atoms with Crippen molar-refractivity contribution in [2.24, 2.45) is 0 Å². The number of halogens is 1. The molecular formula is C19H18IN3O2. The van der Waals surface area contributed by atoms with Gasteiger partial charge in [-0.2, -0.15) is 5.10 Å². The van der Waals surface area contributed by atoms with E-state index in [0.29, 0.717) is 23.0 Å². The maximum absolute atomic E-state index is 12.8. The first kappa shape index (κ1) is 17.6. The number of carbonyl (C=O) groups excluding carboxylic acids is 1. The summed E-state index contributed by atoms with van der Waals surface area (Å²) >= 11 is 2.23. The highest BCUT2D eigenvalue weighted by atomic mass is 127. The van der Waals surface area contributed by atoms with Gasteiger partial charge in [-0.25, -0.2) is 4.68 Å². The first-order chi connectivity index (χ1) is 12.0. The van der Waals surface area contributed by atoms with Gasteiger partial charge in [-0.1, -0.05) is 31.2 Å². The minimum Gasteiger partial charge on any atom is -0.321 e. The molecule has 1 amide bonds. The first-order valence-electron chi connectivity index (χ1n) is 8.08. The van der Waals surface area contributed by atoms with Crippen LogP contribution in [0.3, 0.4) is 0 Å². The Kier molecular flexibility index (Phi) is 5.17. The highest BCUT2D eigenvalue weighted by Gasteiger charge is 2.16. The molecule has 0 atom stereocenters. The minimum atomic E-state index is -0.319. The van der Waals surface area contributed by atoms with Gasteiger partial charge in [0.25, 0.3) is 11.5 Å². The molecule has 0 aliphatic carbocycles. The van der Waals surface area contributed by atoms with Gasteiger partial charge in [-0.15, -0.1) is 0 Å². The number of hydrogen-bond acceptors (Lipinski definition) is 3. The molecule has 6 heteroatoms. The highest BCUT2D eigenvalue weighted by Crippen LogP contribution is 2.19. The van der Waals surface area contributed by atoms with E-state index >= 15 is 0 Å². The van der Waals surface area contributed by atoms with Crippen molar-refractivity contribution >= 4 is 45.0 Å². The molecule has 0 saturated carbocycles. The van der Waals surface area contributed by atoms with Crippen LogP contribution in [0.15, 0.2) is 47.3 Å². The third-order valence-corrected chi connectivity index (χ3v) is 5.11. The summed E-state index contributed by atoms with van der Waals surface area (Å²) in [5.41, 5.74) is 1.95. The molecule has 3 aromatic rings. The van der Waals surface area contributed by atoms with Crippen molar-refractivity contribution in [1.82, 2.24) is 9.78 Å². The lowest BCUT2D eigenvalue weighted by Gasteiger charge is -2.11.